The van der Waals surface area contributed by atoms with E-state index in [0.717, 1.165) is 0 Å². The number of ether oxygens (including phenoxy) is 1. The maximum Gasteiger partial charge on any atom is 0.269 e. The van der Waals surface area contributed by atoms with E-state index >= 15 is 0 Å². The molecule has 1 amide bonds. The van der Waals surface area contributed by atoms with Crippen LogP contribution in [-0.4, -0.2) is 45.6 Å². The van der Waals surface area contributed by atoms with E-state index in [1.165, 1.54) is 43.3 Å². The fourth-order valence-electron chi connectivity index (χ4n) is 2.42. The lowest BCUT2D eigenvalue weighted by Crippen LogP contribution is -2.48. The van der Waals surface area contributed by atoms with Crippen molar-refractivity contribution in [1.29, 1.82) is 0 Å². The predicted octanol–water partition coefficient (Wildman–Crippen LogP) is 1.21. The molecular formula is C19H20N2O7. The van der Waals surface area contributed by atoms with Crippen molar-refractivity contribution in [3.05, 3.63) is 69.8 Å². The molecule has 28 heavy (non-hydrogen) atoms. The van der Waals surface area contributed by atoms with Crippen LogP contribution in [0.5, 0.6) is 5.75 Å². The monoisotopic (exact) mass is 388 g/mol. The summed E-state index contributed by atoms with van der Waals surface area (Å²) in [5.74, 6) is -0.834. The molecule has 0 aliphatic rings. The molecular weight excluding hydrogens is 368 g/mol. The first kappa shape index (κ1) is 21.0. The van der Waals surface area contributed by atoms with E-state index in [-0.39, 0.29) is 17.9 Å². The maximum absolute atomic E-state index is 12.2. The van der Waals surface area contributed by atoms with Crippen LogP contribution in [0.25, 0.3) is 0 Å². The van der Waals surface area contributed by atoms with E-state index in [4.69, 9.17) is 9.84 Å². The van der Waals surface area contributed by atoms with Crippen molar-refractivity contribution in [1.82, 2.24) is 5.32 Å². The van der Waals surface area contributed by atoms with Crippen LogP contribution in [-0.2, 0) is 11.4 Å². The standard InChI is InChI=1S/C19H20N2O7/c1-12(23)18(17(24)10-22)20-19(25)14-5-7-16(8-6-14)28-11-13-3-2-4-15(9-13)21(26)27/h2-9,12,18,22-23H,10-11H2,1H3,(H,20,25)/t12-,18+/m1/s1. The molecule has 9 heteroatoms. The Bertz CT molecular complexity index is 850. The Morgan fingerprint density at radius 3 is 2.46 bits per heavy atom. The number of benzene rings is 2. The molecule has 3 N–H and O–H groups in total. The molecule has 0 aliphatic heterocycles. The molecule has 0 spiro atoms. The van der Waals surface area contributed by atoms with E-state index in [1.54, 1.807) is 12.1 Å². The van der Waals surface area contributed by atoms with Crippen molar-refractivity contribution in [3.8, 4) is 5.75 Å². The minimum absolute atomic E-state index is 0.0294. The molecule has 0 unspecified atom stereocenters. The Balaban J connectivity index is 1.99. The number of nitro benzene ring substituents is 1. The van der Waals surface area contributed by atoms with Crippen molar-refractivity contribution < 1.29 is 29.5 Å². The smallest absolute Gasteiger partial charge is 0.269 e. The zero-order valence-electron chi connectivity index (χ0n) is 15.1. The molecule has 0 fully saturated rings. The van der Waals surface area contributed by atoms with Crippen molar-refractivity contribution in [2.75, 3.05) is 6.61 Å². The molecule has 2 aromatic carbocycles. The molecule has 0 heterocycles. The molecule has 148 valence electrons. The zero-order chi connectivity index (χ0) is 20.7. The summed E-state index contributed by atoms with van der Waals surface area (Å²) >= 11 is 0. The fourth-order valence-corrected chi connectivity index (χ4v) is 2.42. The van der Waals surface area contributed by atoms with E-state index in [2.05, 4.69) is 5.32 Å². The van der Waals surface area contributed by atoms with Gasteiger partial charge in [-0.2, -0.15) is 0 Å². The summed E-state index contributed by atoms with van der Waals surface area (Å²) in [5, 5.41) is 31.6. The quantitative estimate of drug-likeness (QED) is 0.433. The molecule has 9 nitrogen and oxygen atoms in total. The van der Waals surface area contributed by atoms with Crippen LogP contribution in [0.3, 0.4) is 0 Å². The van der Waals surface area contributed by atoms with E-state index in [9.17, 15) is 24.8 Å². The Kier molecular flexibility index (Phi) is 7.19. The predicted molar refractivity (Wildman–Crippen MR) is 98.9 cm³/mol. The van der Waals surface area contributed by atoms with Crippen molar-refractivity contribution >= 4 is 17.4 Å². The van der Waals surface area contributed by atoms with Crippen LogP contribution in [0.15, 0.2) is 48.5 Å². The van der Waals surface area contributed by atoms with Crippen LogP contribution in [0.1, 0.15) is 22.8 Å². The van der Waals surface area contributed by atoms with Gasteiger partial charge in [-0.3, -0.25) is 19.7 Å². The number of amides is 1. The number of hydrogen-bond acceptors (Lipinski definition) is 7. The maximum atomic E-state index is 12.2. The Labute approximate surface area is 160 Å². The summed E-state index contributed by atoms with van der Waals surface area (Å²) in [6.45, 7) is 0.659. The Morgan fingerprint density at radius 1 is 1.21 bits per heavy atom. The number of hydrogen-bond donors (Lipinski definition) is 3. The van der Waals surface area contributed by atoms with Crippen LogP contribution in [0.4, 0.5) is 5.69 Å². The van der Waals surface area contributed by atoms with E-state index < -0.39 is 35.4 Å². The highest BCUT2D eigenvalue weighted by molar-refractivity contribution is 5.98. The highest BCUT2D eigenvalue weighted by Crippen LogP contribution is 2.17. The van der Waals surface area contributed by atoms with Gasteiger partial charge in [0.15, 0.2) is 5.78 Å². The summed E-state index contributed by atoms with van der Waals surface area (Å²) in [6.07, 6.45) is -1.15. The molecule has 0 radical (unpaired) electrons. The number of aliphatic hydroxyl groups excluding tert-OH is 2. The van der Waals surface area contributed by atoms with Gasteiger partial charge in [-0.05, 0) is 36.8 Å². The second-order valence-corrected chi connectivity index (χ2v) is 6.06. The van der Waals surface area contributed by atoms with Gasteiger partial charge < -0.3 is 20.3 Å². The summed E-state index contributed by atoms with van der Waals surface area (Å²) < 4.78 is 5.55. The summed E-state index contributed by atoms with van der Waals surface area (Å²) in [7, 11) is 0. The van der Waals surface area contributed by atoms with Gasteiger partial charge in [-0.15, -0.1) is 0 Å². The van der Waals surface area contributed by atoms with E-state index in [1.807, 2.05) is 0 Å². The summed E-state index contributed by atoms with van der Waals surface area (Å²) in [4.78, 5) is 34.1. The molecule has 2 aromatic rings. The third-order valence-corrected chi connectivity index (χ3v) is 3.92. The lowest BCUT2D eigenvalue weighted by atomic mass is 10.1. The molecule has 0 saturated heterocycles. The number of Topliss-reactive ketones (excluding diaryl/α,β-unsaturated/α-hetero) is 1. The topological polar surface area (TPSA) is 139 Å². The number of aliphatic hydroxyl groups is 2. The number of rotatable bonds is 9. The second kappa shape index (κ2) is 9.58. The molecule has 2 atom stereocenters. The average molecular weight is 388 g/mol. The van der Waals surface area contributed by atoms with Gasteiger partial charge in [0.25, 0.3) is 11.6 Å². The highest BCUT2D eigenvalue weighted by atomic mass is 16.6. The van der Waals surface area contributed by atoms with Gasteiger partial charge in [-0.25, -0.2) is 0 Å². The SMILES string of the molecule is C[C@@H](O)[C@H](NC(=O)c1ccc(OCc2cccc([N+](=O)[O-])c2)cc1)C(=O)CO. The first-order valence-electron chi connectivity index (χ1n) is 8.40. The first-order valence-corrected chi connectivity index (χ1v) is 8.40. The Morgan fingerprint density at radius 2 is 1.89 bits per heavy atom. The van der Waals surface area contributed by atoms with Gasteiger partial charge >= 0.3 is 0 Å². The molecule has 0 saturated carbocycles. The largest absolute Gasteiger partial charge is 0.489 e. The third-order valence-electron chi connectivity index (χ3n) is 3.92. The minimum atomic E-state index is -1.21. The normalized spacial score (nSPS) is 12.7. The van der Waals surface area contributed by atoms with E-state index in [0.29, 0.717) is 11.3 Å². The number of carbonyl (C=O) groups excluding carboxylic acids is 2. The molecule has 0 aromatic heterocycles. The lowest BCUT2D eigenvalue weighted by molar-refractivity contribution is -0.384. The number of ketones is 1. The number of non-ortho nitro benzene ring substituents is 1. The van der Waals surface area contributed by atoms with Crippen LogP contribution in [0, 0.1) is 10.1 Å². The fraction of sp³-hybridized carbons (Fsp3) is 0.263. The van der Waals surface area contributed by atoms with Gasteiger partial charge in [0, 0.05) is 17.7 Å². The van der Waals surface area contributed by atoms with Gasteiger partial charge in [-0.1, -0.05) is 12.1 Å². The highest BCUT2D eigenvalue weighted by Gasteiger charge is 2.25. The van der Waals surface area contributed by atoms with Crippen molar-refractivity contribution in [2.24, 2.45) is 0 Å². The summed E-state index contributed by atoms with van der Waals surface area (Å²) in [5.41, 5.74) is 0.829. The summed E-state index contributed by atoms with van der Waals surface area (Å²) in [6, 6.07) is 10.9. The van der Waals surface area contributed by atoms with Crippen LogP contribution >= 0.6 is 0 Å². The van der Waals surface area contributed by atoms with Crippen molar-refractivity contribution in [2.45, 2.75) is 25.7 Å². The number of nitrogens with zero attached hydrogens (tertiary/aromatic N) is 1. The van der Waals surface area contributed by atoms with Crippen LogP contribution in [0.2, 0.25) is 0 Å². The molecule has 2 rings (SSSR count). The number of nitrogens with one attached hydrogen (secondary N) is 1. The second-order valence-electron chi connectivity index (χ2n) is 6.06. The van der Waals surface area contributed by atoms with Gasteiger partial charge in [0.2, 0.25) is 0 Å². The van der Waals surface area contributed by atoms with Gasteiger partial charge in [0.1, 0.15) is 25.0 Å². The minimum Gasteiger partial charge on any atom is -0.489 e. The molecule has 0 aliphatic carbocycles. The third kappa shape index (κ3) is 5.60. The Hall–Kier alpha value is -3.30. The zero-order valence-corrected chi connectivity index (χ0v) is 15.1. The number of nitro groups is 1. The van der Waals surface area contributed by atoms with Crippen molar-refractivity contribution in [3.63, 3.8) is 0 Å². The van der Waals surface area contributed by atoms with Gasteiger partial charge in [0.05, 0.1) is 11.0 Å². The average Bonchev–Trinajstić information content (AvgIpc) is 2.70. The first-order chi connectivity index (χ1) is 13.3. The van der Waals surface area contributed by atoms with Crippen LogP contribution < -0.4 is 10.1 Å². The lowest BCUT2D eigenvalue weighted by Gasteiger charge is -2.19. The molecule has 0 bridgehead atoms. The number of carbonyl (C=O) groups is 2.